The fourth-order valence-corrected chi connectivity index (χ4v) is 5.42. The summed E-state index contributed by atoms with van der Waals surface area (Å²) in [6, 6.07) is 6.62. The van der Waals surface area contributed by atoms with Crippen LogP contribution in [0.25, 0.3) is 0 Å². The number of hydrogen-bond acceptors (Lipinski definition) is 6. The number of carboxylic acid groups (broad SMARTS) is 1. The van der Waals surface area contributed by atoms with E-state index in [0.29, 0.717) is 25.3 Å². The van der Waals surface area contributed by atoms with E-state index in [4.69, 9.17) is 14.5 Å². The van der Waals surface area contributed by atoms with Crippen molar-refractivity contribution in [2.24, 2.45) is 0 Å². The summed E-state index contributed by atoms with van der Waals surface area (Å²) >= 11 is 0. The third-order valence-corrected chi connectivity index (χ3v) is 7.50. The molecule has 2 aliphatic rings. The van der Waals surface area contributed by atoms with Crippen LogP contribution >= 0.6 is 0 Å². The molecule has 0 amide bonds. The molecule has 1 saturated heterocycles. The maximum atomic E-state index is 14.9. The molecule has 2 aromatic rings. The molecular formula is C30H42FN3O4. The van der Waals surface area contributed by atoms with Crippen molar-refractivity contribution in [2.75, 3.05) is 38.2 Å². The zero-order valence-corrected chi connectivity index (χ0v) is 23.0. The summed E-state index contributed by atoms with van der Waals surface area (Å²) in [5, 5.41) is 13.5. The van der Waals surface area contributed by atoms with Crippen LogP contribution in [0, 0.1) is 5.82 Å². The number of carbonyl (C=O) groups is 1. The first-order valence-electron chi connectivity index (χ1n) is 14.1. The van der Waals surface area contributed by atoms with Gasteiger partial charge < -0.3 is 19.9 Å². The van der Waals surface area contributed by atoms with Gasteiger partial charge in [-0.2, -0.15) is 0 Å². The molecule has 3 heterocycles. The molecule has 0 saturated carbocycles. The fraction of sp³-hybridized carbons (Fsp3) is 0.600. The summed E-state index contributed by atoms with van der Waals surface area (Å²) in [6.07, 6.45) is 7.03. The average Bonchev–Trinajstić information content (AvgIpc) is 3.35. The van der Waals surface area contributed by atoms with Crippen LogP contribution in [-0.2, 0) is 22.4 Å². The standard InChI is InChI=1S/C30H42FN3O4/c1-4-37-28-25(17-22(20(2)3)18-26(28)31)27(30(35)36)34-15-13-24(19-34)38-16-7-5-6-10-23-12-11-21-9-8-14-32-29(21)33-23/h11-12,17-18,20,24,27H,4-10,13-16,19H2,1-3H3,(H,32,33)(H,35,36)/t24-,27-/m1/s1. The molecular weight excluding hydrogens is 485 g/mol. The van der Waals surface area contributed by atoms with E-state index in [0.717, 1.165) is 62.1 Å². The second-order valence-electron chi connectivity index (χ2n) is 10.7. The number of halogens is 1. The van der Waals surface area contributed by atoms with E-state index in [9.17, 15) is 14.3 Å². The van der Waals surface area contributed by atoms with Crippen molar-refractivity contribution in [1.82, 2.24) is 9.88 Å². The highest BCUT2D eigenvalue weighted by Gasteiger charge is 2.37. The number of likely N-dealkylation sites (tertiary alicyclic amines) is 1. The predicted octanol–water partition coefficient (Wildman–Crippen LogP) is 5.73. The number of carboxylic acids is 1. The first-order chi connectivity index (χ1) is 18.4. The third kappa shape index (κ3) is 7.03. The van der Waals surface area contributed by atoms with Gasteiger partial charge in [-0.1, -0.05) is 26.3 Å². The third-order valence-electron chi connectivity index (χ3n) is 7.50. The molecule has 208 valence electrons. The van der Waals surface area contributed by atoms with Gasteiger partial charge >= 0.3 is 5.97 Å². The number of pyridine rings is 1. The van der Waals surface area contributed by atoms with Crippen molar-refractivity contribution in [3.05, 3.63) is 52.5 Å². The van der Waals surface area contributed by atoms with Gasteiger partial charge in [-0.25, -0.2) is 9.37 Å². The summed E-state index contributed by atoms with van der Waals surface area (Å²) in [5.41, 5.74) is 3.60. The molecule has 38 heavy (non-hydrogen) atoms. The van der Waals surface area contributed by atoms with Crippen molar-refractivity contribution < 1.29 is 23.8 Å². The minimum atomic E-state index is -1.00. The molecule has 2 atom stereocenters. The second kappa shape index (κ2) is 13.4. The van der Waals surface area contributed by atoms with Gasteiger partial charge in [0.25, 0.3) is 0 Å². The summed E-state index contributed by atoms with van der Waals surface area (Å²) in [5.74, 6) is -0.346. The minimum absolute atomic E-state index is 0.0288. The van der Waals surface area contributed by atoms with Crippen LogP contribution in [0.3, 0.4) is 0 Å². The summed E-state index contributed by atoms with van der Waals surface area (Å²) in [6.45, 7) is 8.71. The Morgan fingerprint density at radius 2 is 2.11 bits per heavy atom. The number of rotatable bonds is 13. The lowest BCUT2D eigenvalue weighted by molar-refractivity contribution is -0.143. The van der Waals surface area contributed by atoms with E-state index in [2.05, 4.69) is 17.4 Å². The number of fused-ring (bicyclic) bond motifs is 1. The van der Waals surface area contributed by atoms with E-state index in [1.807, 2.05) is 18.7 Å². The molecule has 1 fully saturated rings. The summed E-state index contributed by atoms with van der Waals surface area (Å²) in [7, 11) is 0. The molecule has 2 aliphatic heterocycles. The Labute approximate surface area is 225 Å². The second-order valence-corrected chi connectivity index (χ2v) is 10.7. The number of aromatic nitrogens is 1. The van der Waals surface area contributed by atoms with Crippen molar-refractivity contribution in [3.63, 3.8) is 0 Å². The molecule has 0 aliphatic carbocycles. The van der Waals surface area contributed by atoms with Crippen LogP contribution in [0.5, 0.6) is 5.75 Å². The lowest BCUT2D eigenvalue weighted by Gasteiger charge is -2.27. The lowest BCUT2D eigenvalue weighted by atomic mass is 9.95. The minimum Gasteiger partial charge on any atom is -0.490 e. The van der Waals surface area contributed by atoms with Crippen molar-refractivity contribution in [1.29, 1.82) is 0 Å². The first-order valence-corrected chi connectivity index (χ1v) is 14.1. The Balaban J connectivity index is 1.27. The maximum absolute atomic E-state index is 14.9. The van der Waals surface area contributed by atoms with Crippen LogP contribution in [0.4, 0.5) is 10.2 Å². The number of ether oxygens (including phenoxy) is 2. The van der Waals surface area contributed by atoms with E-state index >= 15 is 0 Å². The largest absolute Gasteiger partial charge is 0.490 e. The van der Waals surface area contributed by atoms with Gasteiger partial charge in [0.1, 0.15) is 11.9 Å². The lowest BCUT2D eigenvalue weighted by Crippen LogP contribution is -2.34. The maximum Gasteiger partial charge on any atom is 0.325 e. The molecule has 8 heteroatoms. The van der Waals surface area contributed by atoms with E-state index in [1.165, 1.54) is 18.1 Å². The van der Waals surface area contributed by atoms with Gasteiger partial charge in [-0.3, -0.25) is 9.69 Å². The molecule has 0 radical (unpaired) electrons. The Kier molecular flexibility index (Phi) is 9.97. The van der Waals surface area contributed by atoms with Gasteiger partial charge in [0.2, 0.25) is 0 Å². The van der Waals surface area contributed by atoms with Crippen LogP contribution in [0.2, 0.25) is 0 Å². The Bertz CT molecular complexity index is 1090. The average molecular weight is 528 g/mol. The molecule has 1 aromatic carbocycles. The monoisotopic (exact) mass is 527 g/mol. The smallest absolute Gasteiger partial charge is 0.325 e. The molecule has 4 rings (SSSR count). The normalized spacial score (nSPS) is 18.3. The van der Waals surface area contributed by atoms with Crippen LogP contribution in [0.15, 0.2) is 24.3 Å². The Morgan fingerprint density at radius 3 is 2.87 bits per heavy atom. The number of nitrogens with one attached hydrogen (secondary N) is 1. The number of nitrogens with zero attached hydrogens (tertiary/aromatic N) is 2. The highest BCUT2D eigenvalue weighted by molar-refractivity contribution is 5.77. The van der Waals surface area contributed by atoms with Gasteiger partial charge in [0, 0.05) is 37.5 Å². The van der Waals surface area contributed by atoms with E-state index < -0.39 is 17.8 Å². The molecule has 0 spiro atoms. The number of unbranched alkanes of at least 4 members (excludes halogenated alkanes) is 2. The molecule has 2 N–H and O–H groups in total. The van der Waals surface area contributed by atoms with Gasteiger partial charge in [-0.15, -0.1) is 0 Å². The predicted molar refractivity (Wildman–Crippen MR) is 147 cm³/mol. The van der Waals surface area contributed by atoms with E-state index in [1.54, 1.807) is 13.0 Å². The zero-order valence-electron chi connectivity index (χ0n) is 23.0. The number of anilines is 1. The topological polar surface area (TPSA) is 83.9 Å². The number of hydrogen-bond donors (Lipinski definition) is 2. The van der Waals surface area contributed by atoms with Crippen LogP contribution in [-0.4, -0.2) is 59.9 Å². The quantitative estimate of drug-likeness (QED) is 0.322. The summed E-state index contributed by atoms with van der Waals surface area (Å²) < 4.78 is 26.6. The molecule has 1 aromatic heterocycles. The SMILES string of the molecule is CCOc1c(F)cc(C(C)C)cc1[C@H](C(=O)O)N1CC[C@@H](OCCCCCc2ccc3c(n2)NCCC3)C1. The Hall–Kier alpha value is -2.71. The van der Waals surface area contributed by atoms with Crippen molar-refractivity contribution >= 4 is 11.8 Å². The first kappa shape index (κ1) is 28.3. The highest BCUT2D eigenvalue weighted by Crippen LogP contribution is 2.37. The van der Waals surface area contributed by atoms with Gasteiger partial charge in [-0.05, 0) is 80.7 Å². The van der Waals surface area contributed by atoms with Gasteiger partial charge in [0.15, 0.2) is 11.6 Å². The molecule has 0 bridgehead atoms. The Morgan fingerprint density at radius 1 is 1.26 bits per heavy atom. The van der Waals surface area contributed by atoms with Crippen LogP contribution < -0.4 is 10.1 Å². The number of aliphatic carboxylic acids is 1. The van der Waals surface area contributed by atoms with Gasteiger partial charge in [0.05, 0.1) is 12.7 Å². The van der Waals surface area contributed by atoms with Crippen molar-refractivity contribution in [2.45, 2.75) is 83.8 Å². The zero-order chi connectivity index (χ0) is 27.1. The van der Waals surface area contributed by atoms with Crippen molar-refractivity contribution in [3.8, 4) is 5.75 Å². The fourth-order valence-electron chi connectivity index (χ4n) is 5.42. The molecule has 0 unspecified atom stereocenters. The molecule has 7 nitrogen and oxygen atoms in total. The highest BCUT2D eigenvalue weighted by atomic mass is 19.1. The summed E-state index contributed by atoms with van der Waals surface area (Å²) in [4.78, 5) is 19.0. The number of benzene rings is 1. The van der Waals surface area contributed by atoms with Crippen LogP contribution in [0.1, 0.15) is 87.2 Å². The van der Waals surface area contributed by atoms with E-state index in [-0.39, 0.29) is 24.4 Å². The number of aryl methyl sites for hydroxylation is 2.